The molecule has 0 aliphatic heterocycles. The van der Waals surface area contributed by atoms with Gasteiger partial charge in [0.1, 0.15) is 0 Å². The first-order chi connectivity index (χ1) is 13.0. The van der Waals surface area contributed by atoms with Crippen molar-refractivity contribution < 1.29 is 4.79 Å². The first-order valence-electron chi connectivity index (χ1n) is 8.11. The van der Waals surface area contributed by atoms with Crippen LogP contribution in [0.1, 0.15) is 16.1 Å². The number of nitrogens with zero attached hydrogens (tertiary/aromatic N) is 6. The molecule has 1 N–H and O–H groups in total. The van der Waals surface area contributed by atoms with E-state index in [1.54, 1.807) is 3.56 Å². The second-order valence-electron chi connectivity index (χ2n) is 6.04. The van der Waals surface area contributed by atoms with Crippen LogP contribution in [0.15, 0.2) is 34.1 Å². The molecule has 4 aromatic rings. The first kappa shape index (κ1) is 17.4. The Morgan fingerprint density at radius 2 is 2.11 bits per heavy atom. The Balaban J connectivity index is 1.51. The van der Waals surface area contributed by atoms with Gasteiger partial charge in [0, 0.05) is 0 Å². The molecular formula is C16H15N7O3Se. The Labute approximate surface area is 158 Å². The molecule has 0 fully saturated rings. The Morgan fingerprint density at radius 3 is 2.93 bits per heavy atom. The third-order valence-corrected chi connectivity index (χ3v) is 6.47. The quantitative estimate of drug-likeness (QED) is 0.411. The minimum absolute atomic E-state index is 0.00949. The Hall–Kier alpha value is -3.04. The van der Waals surface area contributed by atoms with Crippen LogP contribution in [0.25, 0.3) is 15.3 Å². The van der Waals surface area contributed by atoms with Crippen molar-refractivity contribution in [1.82, 2.24) is 33.3 Å². The van der Waals surface area contributed by atoms with E-state index in [9.17, 15) is 14.4 Å². The number of amides is 1. The van der Waals surface area contributed by atoms with Crippen molar-refractivity contribution in [2.45, 2.75) is 13.5 Å². The Kier molecular flexibility index (Phi) is 4.25. The molecule has 0 aliphatic carbocycles. The van der Waals surface area contributed by atoms with Crippen molar-refractivity contribution in [1.29, 1.82) is 0 Å². The first-order valence-corrected chi connectivity index (χ1v) is 9.73. The van der Waals surface area contributed by atoms with E-state index in [1.165, 1.54) is 13.4 Å². The molecular weight excluding hydrogens is 417 g/mol. The van der Waals surface area contributed by atoms with Gasteiger partial charge in [0.25, 0.3) is 0 Å². The van der Waals surface area contributed by atoms with Crippen molar-refractivity contribution in [3.63, 3.8) is 0 Å². The summed E-state index contributed by atoms with van der Waals surface area (Å²) in [4.78, 5) is 40.7. The number of aromatic nitrogens is 6. The van der Waals surface area contributed by atoms with E-state index in [2.05, 4.69) is 20.6 Å². The molecule has 0 saturated carbocycles. The molecule has 0 spiro atoms. The summed E-state index contributed by atoms with van der Waals surface area (Å²) in [6.07, 6.45) is 1.24. The van der Waals surface area contributed by atoms with Gasteiger partial charge < -0.3 is 0 Å². The second-order valence-corrected chi connectivity index (χ2v) is 8.27. The van der Waals surface area contributed by atoms with Crippen LogP contribution in [0.4, 0.5) is 0 Å². The number of nitrogens with one attached hydrogen (secondary N) is 1. The predicted molar refractivity (Wildman–Crippen MR) is 98.2 cm³/mol. The molecule has 10 nitrogen and oxygen atoms in total. The van der Waals surface area contributed by atoms with Crippen molar-refractivity contribution in [3.05, 3.63) is 56.6 Å². The van der Waals surface area contributed by atoms with Gasteiger partial charge in [-0.1, -0.05) is 0 Å². The zero-order valence-electron chi connectivity index (χ0n) is 14.5. The Morgan fingerprint density at radius 1 is 1.30 bits per heavy atom. The summed E-state index contributed by atoms with van der Waals surface area (Å²) in [5.41, 5.74) is 0.721. The van der Waals surface area contributed by atoms with Gasteiger partial charge in [-0.3, -0.25) is 0 Å². The number of carbonyl (C=O) groups excluding carboxylic acids is 1. The van der Waals surface area contributed by atoms with Gasteiger partial charge in [0.2, 0.25) is 0 Å². The van der Waals surface area contributed by atoms with Crippen molar-refractivity contribution in [2.75, 3.05) is 6.54 Å². The summed E-state index contributed by atoms with van der Waals surface area (Å²) in [6.45, 7) is 2.63. The molecule has 0 radical (unpaired) electrons. The molecule has 1 amide bonds. The number of hydrogen-bond donors (Lipinski definition) is 1. The fraction of sp³-hybridized carbons (Fsp3) is 0.250. The van der Waals surface area contributed by atoms with Crippen molar-refractivity contribution in [2.24, 2.45) is 7.05 Å². The predicted octanol–water partition coefficient (Wildman–Crippen LogP) is -1.07. The van der Waals surface area contributed by atoms with Gasteiger partial charge in [-0.2, -0.15) is 0 Å². The fourth-order valence-electron chi connectivity index (χ4n) is 2.73. The molecule has 0 aliphatic rings. The maximum atomic E-state index is 12.5. The second kappa shape index (κ2) is 6.60. The maximum absolute atomic E-state index is 12.5. The monoisotopic (exact) mass is 433 g/mol. The summed E-state index contributed by atoms with van der Waals surface area (Å²) in [5.74, 6) is -0.465. The molecule has 0 unspecified atom stereocenters. The van der Waals surface area contributed by atoms with Crippen LogP contribution in [-0.4, -0.2) is 55.1 Å². The number of carbonyl (C=O) groups is 1. The molecule has 0 atom stereocenters. The average molecular weight is 432 g/mol. The zero-order chi connectivity index (χ0) is 19.1. The van der Waals surface area contributed by atoms with E-state index in [-0.39, 0.29) is 38.2 Å². The summed E-state index contributed by atoms with van der Waals surface area (Å²) >= 11 is -0.0936. The van der Waals surface area contributed by atoms with Crippen LogP contribution < -0.4 is 16.6 Å². The van der Waals surface area contributed by atoms with Crippen LogP contribution in [0.2, 0.25) is 0 Å². The molecule has 3 heterocycles. The van der Waals surface area contributed by atoms with E-state index in [0.29, 0.717) is 6.54 Å². The number of aryl methyl sites for hydroxylation is 2. The fourth-order valence-corrected chi connectivity index (χ4v) is 4.77. The van der Waals surface area contributed by atoms with Crippen LogP contribution in [-0.2, 0) is 13.6 Å². The molecule has 138 valence electrons. The minimum atomic E-state index is -0.465. The van der Waals surface area contributed by atoms with Gasteiger partial charge in [-0.25, -0.2) is 0 Å². The van der Waals surface area contributed by atoms with Crippen LogP contribution in [0, 0.1) is 6.92 Å². The van der Waals surface area contributed by atoms with Gasteiger partial charge in [0.05, 0.1) is 0 Å². The third kappa shape index (κ3) is 3.00. The molecule has 0 saturated heterocycles. The van der Waals surface area contributed by atoms with E-state index in [4.69, 9.17) is 0 Å². The van der Waals surface area contributed by atoms with Gasteiger partial charge >= 0.3 is 158 Å². The summed E-state index contributed by atoms with van der Waals surface area (Å²) in [5, 5.41) is 11.0. The molecule has 1 aromatic carbocycles. The number of benzene rings is 1. The average Bonchev–Trinajstić information content (AvgIpc) is 3.21. The van der Waals surface area contributed by atoms with E-state index in [1.807, 2.05) is 25.1 Å². The van der Waals surface area contributed by atoms with Crippen LogP contribution in [0.3, 0.4) is 0 Å². The van der Waals surface area contributed by atoms with Crippen LogP contribution >= 0.6 is 0 Å². The summed E-state index contributed by atoms with van der Waals surface area (Å²) < 4.78 is 5.01. The topological polar surface area (TPSA) is 116 Å². The normalized spacial score (nSPS) is 11.3. The molecule has 4 rings (SSSR count). The SMILES string of the molecule is Cc1ccc2[se]n(CCNC(=O)c3ncn4c(=O)n(C)nnc34)c(=O)c2c1. The summed E-state index contributed by atoms with van der Waals surface area (Å²) in [6, 6.07) is 5.88. The van der Waals surface area contributed by atoms with E-state index >= 15 is 0 Å². The molecule has 3 aromatic heterocycles. The summed E-state index contributed by atoms with van der Waals surface area (Å²) in [7, 11) is 1.46. The van der Waals surface area contributed by atoms with Crippen molar-refractivity contribution in [3.8, 4) is 0 Å². The van der Waals surface area contributed by atoms with E-state index < -0.39 is 11.6 Å². The third-order valence-electron chi connectivity index (χ3n) is 4.11. The van der Waals surface area contributed by atoms with Gasteiger partial charge in [-0.05, 0) is 0 Å². The standard InChI is InChI=1S/C16H15N7O3Se/c1-9-3-4-11-10(7-9)15(25)23(27-11)6-5-17-14(24)12-13-19-20-21(2)16(26)22(13)8-18-12/h3-4,7-8H,5-6H2,1-2H3,(H,17,24). The van der Waals surface area contributed by atoms with E-state index in [0.717, 1.165) is 24.3 Å². The molecule has 11 heteroatoms. The molecule has 0 bridgehead atoms. The number of fused-ring (bicyclic) bond motifs is 2. The molecule has 27 heavy (non-hydrogen) atoms. The van der Waals surface area contributed by atoms with Gasteiger partial charge in [-0.15, -0.1) is 0 Å². The zero-order valence-corrected chi connectivity index (χ0v) is 16.3. The van der Waals surface area contributed by atoms with Gasteiger partial charge in [0.15, 0.2) is 0 Å². The Bertz CT molecular complexity index is 1300. The van der Waals surface area contributed by atoms with Crippen LogP contribution in [0.5, 0.6) is 0 Å². The number of rotatable bonds is 4. The van der Waals surface area contributed by atoms with Crippen molar-refractivity contribution >= 4 is 35.9 Å². The number of imidazole rings is 1. The number of hydrogen-bond acceptors (Lipinski definition) is 6.